The fourth-order valence-corrected chi connectivity index (χ4v) is 2.49. The van der Waals surface area contributed by atoms with Crippen LogP contribution in [0.5, 0.6) is 0 Å². The van der Waals surface area contributed by atoms with E-state index in [-0.39, 0.29) is 0 Å². The summed E-state index contributed by atoms with van der Waals surface area (Å²) >= 11 is 0. The van der Waals surface area contributed by atoms with Crippen molar-refractivity contribution in [1.82, 2.24) is 15.3 Å². The molecule has 0 radical (unpaired) electrons. The van der Waals surface area contributed by atoms with Gasteiger partial charge in [-0.05, 0) is 24.8 Å². The topological polar surface area (TPSA) is 50.3 Å². The summed E-state index contributed by atoms with van der Waals surface area (Å²) < 4.78 is 5.16. The lowest BCUT2D eigenvalue weighted by Gasteiger charge is -2.33. The molecule has 1 N–H and O–H groups in total. The molecule has 1 fully saturated rings. The van der Waals surface area contributed by atoms with E-state index in [4.69, 9.17) is 4.74 Å². The maximum atomic E-state index is 5.16. The van der Waals surface area contributed by atoms with Gasteiger partial charge in [-0.15, -0.1) is 0 Å². The molecule has 1 saturated heterocycles. The van der Waals surface area contributed by atoms with Crippen LogP contribution in [0, 0.1) is 5.92 Å². The van der Waals surface area contributed by atoms with Crippen molar-refractivity contribution in [2.45, 2.75) is 25.8 Å². The Morgan fingerprint density at radius 3 is 3.00 bits per heavy atom. The first-order valence-electron chi connectivity index (χ1n) is 7.04. The molecule has 0 amide bonds. The average molecular weight is 264 g/mol. The van der Waals surface area contributed by atoms with Crippen LogP contribution in [0.1, 0.15) is 19.8 Å². The zero-order valence-electron chi connectivity index (χ0n) is 11.9. The van der Waals surface area contributed by atoms with E-state index in [2.05, 4.69) is 27.1 Å². The lowest BCUT2D eigenvalue weighted by Crippen LogP contribution is -2.47. The van der Waals surface area contributed by atoms with Gasteiger partial charge in [-0.1, -0.05) is 6.92 Å². The molecular formula is C14H24N4O. The average Bonchev–Trinajstić information content (AvgIpc) is 2.47. The highest BCUT2D eigenvalue weighted by Gasteiger charge is 2.21. The summed E-state index contributed by atoms with van der Waals surface area (Å²) in [6, 6.07) is 2.38. The van der Waals surface area contributed by atoms with Gasteiger partial charge in [0.15, 0.2) is 0 Å². The molecule has 0 aliphatic carbocycles. The minimum Gasteiger partial charge on any atom is -0.384 e. The second kappa shape index (κ2) is 7.40. The molecule has 0 bridgehead atoms. The second-order valence-corrected chi connectivity index (χ2v) is 5.30. The summed E-state index contributed by atoms with van der Waals surface area (Å²) in [6.45, 7) is 6.06. The molecule has 2 rings (SSSR count). The molecule has 1 aliphatic rings. The van der Waals surface area contributed by atoms with Crippen molar-refractivity contribution in [1.29, 1.82) is 0 Å². The third kappa shape index (κ3) is 4.44. The van der Waals surface area contributed by atoms with Crippen molar-refractivity contribution in [2.24, 2.45) is 5.92 Å². The number of rotatable bonds is 6. The number of nitrogens with one attached hydrogen (secondary N) is 1. The zero-order valence-corrected chi connectivity index (χ0v) is 11.9. The first-order valence-corrected chi connectivity index (χ1v) is 7.04. The summed E-state index contributed by atoms with van der Waals surface area (Å²) in [5.41, 5.74) is 0. The van der Waals surface area contributed by atoms with Crippen molar-refractivity contribution in [3.05, 3.63) is 18.5 Å². The normalized spacial score (nSPS) is 21.4. The second-order valence-electron chi connectivity index (χ2n) is 5.30. The van der Waals surface area contributed by atoms with Crippen LogP contribution in [0.15, 0.2) is 18.5 Å². The number of nitrogens with zero attached hydrogens (tertiary/aromatic N) is 3. The third-order valence-electron chi connectivity index (χ3n) is 3.46. The Bertz CT molecular complexity index is 360. The van der Waals surface area contributed by atoms with Crippen LogP contribution in [0.3, 0.4) is 0 Å². The predicted molar refractivity (Wildman–Crippen MR) is 76.3 cm³/mol. The Labute approximate surface area is 115 Å². The summed E-state index contributed by atoms with van der Waals surface area (Å²) in [4.78, 5) is 10.9. The molecule has 1 aliphatic heterocycles. The number of methoxy groups -OCH3 is 1. The molecule has 0 saturated carbocycles. The zero-order chi connectivity index (χ0) is 13.5. The van der Waals surface area contributed by atoms with E-state index in [1.54, 1.807) is 19.5 Å². The molecule has 2 heterocycles. The highest BCUT2D eigenvalue weighted by atomic mass is 16.5. The predicted octanol–water partition coefficient (Wildman–Crippen LogP) is 1.32. The van der Waals surface area contributed by atoms with E-state index in [9.17, 15) is 0 Å². The van der Waals surface area contributed by atoms with Crippen LogP contribution in [0.25, 0.3) is 0 Å². The molecular weight excluding hydrogens is 240 g/mol. The SMILES string of the molecule is COCC(C)CNC1CCCN(c2ncccn2)C1. The van der Waals surface area contributed by atoms with Crippen molar-refractivity contribution >= 4 is 5.95 Å². The van der Waals surface area contributed by atoms with Gasteiger partial charge in [0.05, 0.1) is 0 Å². The van der Waals surface area contributed by atoms with E-state index in [0.29, 0.717) is 12.0 Å². The maximum Gasteiger partial charge on any atom is 0.225 e. The molecule has 1 aromatic rings. The van der Waals surface area contributed by atoms with Gasteiger partial charge in [-0.25, -0.2) is 9.97 Å². The highest BCUT2D eigenvalue weighted by molar-refractivity contribution is 5.29. The summed E-state index contributed by atoms with van der Waals surface area (Å²) in [6.07, 6.45) is 6.03. The smallest absolute Gasteiger partial charge is 0.225 e. The van der Waals surface area contributed by atoms with Crippen molar-refractivity contribution in [3.8, 4) is 0 Å². The third-order valence-corrected chi connectivity index (χ3v) is 3.46. The van der Waals surface area contributed by atoms with Crippen LogP contribution in [-0.4, -0.2) is 49.4 Å². The number of anilines is 1. The monoisotopic (exact) mass is 264 g/mol. The minimum absolute atomic E-state index is 0.525. The number of aromatic nitrogens is 2. The van der Waals surface area contributed by atoms with Crippen LogP contribution in [-0.2, 0) is 4.74 Å². The Morgan fingerprint density at radius 1 is 1.47 bits per heavy atom. The molecule has 2 unspecified atom stereocenters. The molecule has 5 nitrogen and oxygen atoms in total. The van der Waals surface area contributed by atoms with Gasteiger partial charge in [0.1, 0.15) is 0 Å². The van der Waals surface area contributed by atoms with Crippen LogP contribution < -0.4 is 10.2 Å². The molecule has 2 atom stereocenters. The van der Waals surface area contributed by atoms with Gasteiger partial charge in [0, 0.05) is 51.8 Å². The van der Waals surface area contributed by atoms with Gasteiger partial charge >= 0.3 is 0 Å². The lowest BCUT2D eigenvalue weighted by atomic mass is 10.1. The molecule has 0 aromatic carbocycles. The van der Waals surface area contributed by atoms with Crippen molar-refractivity contribution in [3.63, 3.8) is 0 Å². The van der Waals surface area contributed by atoms with Crippen LogP contribution in [0.2, 0.25) is 0 Å². The van der Waals surface area contributed by atoms with E-state index in [1.165, 1.54) is 12.8 Å². The van der Waals surface area contributed by atoms with Crippen molar-refractivity contribution < 1.29 is 4.74 Å². The standard InChI is InChI=1S/C14H24N4O/c1-12(11-19-2)9-17-13-5-3-8-18(10-13)14-15-6-4-7-16-14/h4,6-7,12-13,17H,3,5,8-11H2,1-2H3. The molecule has 0 spiro atoms. The molecule has 5 heteroatoms. The Hall–Kier alpha value is -1.20. The van der Waals surface area contributed by atoms with E-state index >= 15 is 0 Å². The Morgan fingerprint density at radius 2 is 2.26 bits per heavy atom. The fraction of sp³-hybridized carbons (Fsp3) is 0.714. The van der Waals surface area contributed by atoms with Crippen molar-refractivity contribution in [2.75, 3.05) is 38.3 Å². The number of hydrogen-bond acceptors (Lipinski definition) is 5. The van der Waals surface area contributed by atoms with E-state index < -0.39 is 0 Å². The quantitative estimate of drug-likeness (QED) is 0.839. The number of piperidine rings is 1. The first kappa shape index (κ1) is 14.2. The molecule has 1 aromatic heterocycles. The lowest BCUT2D eigenvalue weighted by molar-refractivity contribution is 0.156. The fourth-order valence-electron chi connectivity index (χ4n) is 2.49. The minimum atomic E-state index is 0.525. The first-order chi connectivity index (χ1) is 9.29. The van der Waals surface area contributed by atoms with Gasteiger partial charge in [0.25, 0.3) is 0 Å². The Kier molecular flexibility index (Phi) is 5.54. The van der Waals surface area contributed by atoms with Gasteiger partial charge in [0.2, 0.25) is 5.95 Å². The Balaban J connectivity index is 1.81. The maximum absolute atomic E-state index is 5.16. The van der Waals surface area contributed by atoms with Gasteiger partial charge in [-0.3, -0.25) is 0 Å². The van der Waals surface area contributed by atoms with E-state index in [0.717, 1.165) is 32.2 Å². The highest BCUT2D eigenvalue weighted by Crippen LogP contribution is 2.15. The van der Waals surface area contributed by atoms with E-state index in [1.807, 2.05) is 6.07 Å². The van der Waals surface area contributed by atoms with Gasteiger partial charge in [-0.2, -0.15) is 0 Å². The summed E-state index contributed by atoms with van der Waals surface area (Å²) in [7, 11) is 1.76. The summed E-state index contributed by atoms with van der Waals surface area (Å²) in [5, 5.41) is 3.63. The van der Waals surface area contributed by atoms with Gasteiger partial charge < -0.3 is 15.0 Å². The largest absolute Gasteiger partial charge is 0.384 e. The molecule has 19 heavy (non-hydrogen) atoms. The van der Waals surface area contributed by atoms with Crippen LogP contribution >= 0.6 is 0 Å². The molecule has 106 valence electrons. The number of hydrogen-bond donors (Lipinski definition) is 1. The summed E-state index contributed by atoms with van der Waals surface area (Å²) in [5.74, 6) is 1.40. The van der Waals surface area contributed by atoms with Crippen LogP contribution in [0.4, 0.5) is 5.95 Å². The number of ether oxygens (including phenoxy) is 1.